The molecule has 0 radical (unpaired) electrons. The van der Waals surface area contributed by atoms with Crippen LogP contribution in [0.1, 0.15) is 30.0 Å². The van der Waals surface area contributed by atoms with E-state index in [9.17, 15) is 9.18 Å². The summed E-state index contributed by atoms with van der Waals surface area (Å²) >= 11 is 0. The van der Waals surface area contributed by atoms with E-state index < -0.39 is 5.97 Å². The van der Waals surface area contributed by atoms with E-state index in [0.29, 0.717) is 24.2 Å². The first-order chi connectivity index (χ1) is 8.01. The average Bonchev–Trinajstić information content (AvgIpc) is 2.29. The number of carbonyl (C=O) groups is 1. The van der Waals surface area contributed by atoms with Crippen LogP contribution in [0.15, 0.2) is 6.07 Å². The first kappa shape index (κ1) is 13.5. The average molecular weight is 240 g/mol. The van der Waals surface area contributed by atoms with E-state index in [0.717, 1.165) is 11.1 Å². The molecule has 3 nitrogen and oxygen atoms in total. The number of benzene rings is 1. The molecule has 1 aromatic carbocycles. The van der Waals surface area contributed by atoms with Crippen LogP contribution < -0.4 is 4.74 Å². The van der Waals surface area contributed by atoms with Gasteiger partial charge >= 0.3 is 5.97 Å². The highest BCUT2D eigenvalue weighted by molar-refractivity contribution is 5.67. The fraction of sp³-hybridized carbons (Fsp3) is 0.462. The predicted molar refractivity (Wildman–Crippen MR) is 63.0 cm³/mol. The number of ether oxygens (including phenoxy) is 1. The van der Waals surface area contributed by atoms with Crippen molar-refractivity contribution in [1.82, 2.24) is 0 Å². The zero-order valence-electron chi connectivity index (χ0n) is 10.3. The van der Waals surface area contributed by atoms with Crippen LogP contribution in [-0.2, 0) is 17.6 Å². The van der Waals surface area contributed by atoms with Crippen molar-refractivity contribution in [2.75, 3.05) is 7.11 Å². The molecule has 1 rings (SSSR count). The van der Waals surface area contributed by atoms with Crippen molar-refractivity contribution in [3.05, 3.63) is 28.6 Å². The molecule has 0 spiro atoms. The van der Waals surface area contributed by atoms with Crippen molar-refractivity contribution in [3.8, 4) is 5.75 Å². The number of hydrogen-bond donors (Lipinski definition) is 1. The van der Waals surface area contributed by atoms with Crippen molar-refractivity contribution < 1.29 is 19.0 Å². The van der Waals surface area contributed by atoms with Crippen LogP contribution in [0.4, 0.5) is 4.39 Å². The molecule has 0 aromatic heterocycles. The Bertz CT molecular complexity index is 427. The zero-order chi connectivity index (χ0) is 13.0. The van der Waals surface area contributed by atoms with Gasteiger partial charge in [-0.25, -0.2) is 4.39 Å². The van der Waals surface area contributed by atoms with Crippen molar-refractivity contribution in [2.45, 2.75) is 33.1 Å². The maximum Gasteiger partial charge on any atom is 0.303 e. The minimum absolute atomic E-state index is 0.00133. The van der Waals surface area contributed by atoms with Gasteiger partial charge in [-0.05, 0) is 37.0 Å². The quantitative estimate of drug-likeness (QED) is 0.860. The second-order valence-electron chi connectivity index (χ2n) is 3.90. The first-order valence-corrected chi connectivity index (χ1v) is 5.57. The second kappa shape index (κ2) is 5.66. The molecule has 0 aliphatic carbocycles. The lowest BCUT2D eigenvalue weighted by Gasteiger charge is -2.15. The summed E-state index contributed by atoms with van der Waals surface area (Å²) in [5.74, 6) is -0.695. The highest BCUT2D eigenvalue weighted by Crippen LogP contribution is 2.30. The van der Waals surface area contributed by atoms with Gasteiger partial charge in [-0.15, -0.1) is 0 Å². The number of aliphatic carboxylic acids is 1. The third-order valence-electron chi connectivity index (χ3n) is 2.83. The number of rotatable bonds is 5. The number of carboxylic acids is 1. The Hall–Kier alpha value is -1.58. The molecule has 0 saturated heterocycles. The molecular weight excluding hydrogens is 223 g/mol. The van der Waals surface area contributed by atoms with Gasteiger partial charge in [0.05, 0.1) is 7.11 Å². The van der Waals surface area contributed by atoms with E-state index >= 15 is 0 Å². The van der Waals surface area contributed by atoms with Crippen LogP contribution in [-0.4, -0.2) is 18.2 Å². The summed E-state index contributed by atoms with van der Waals surface area (Å²) in [5.41, 5.74) is 2.09. The van der Waals surface area contributed by atoms with Gasteiger partial charge < -0.3 is 9.84 Å². The molecule has 0 bridgehead atoms. The van der Waals surface area contributed by atoms with Crippen LogP contribution in [0.2, 0.25) is 0 Å². The monoisotopic (exact) mass is 240 g/mol. The van der Waals surface area contributed by atoms with Crippen LogP contribution in [0.3, 0.4) is 0 Å². The summed E-state index contributed by atoms with van der Waals surface area (Å²) in [4.78, 5) is 10.6. The normalized spacial score (nSPS) is 10.4. The third kappa shape index (κ3) is 2.96. The van der Waals surface area contributed by atoms with Gasteiger partial charge in [0.25, 0.3) is 0 Å². The van der Waals surface area contributed by atoms with E-state index in [1.807, 2.05) is 6.92 Å². The van der Waals surface area contributed by atoms with Crippen molar-refractivity contribution in [2.24, 2.45) is 0 Å². The highest BCUT2D eigenvalue weighted by atomic mass is 19.1. The molecule has 17 heavy (non-hydrogen) atoms. The zero-order valence-corrected chi connectivity index (χ0v) is 10.3. The van der Waals surface area contributed by atoms with Crippen LogP contribution in [0.5, 0.6) is 5.75 Å². The van der Waals surface area contributed by atoms with Crippen molar-refractivity contribution in [3.63, 3.8) is 0 Å². The number of carboxylic acid groups (broad SMARTS) is 1. The lowest BCUT2D eigenvalue weighted by atomic mass is 9.96. The van der Waals surface area contributed by atoms with Crippen molar-refractivity contribution >= 4 is 5.97 Å². The lowest BCUT2D eigenvalue weighted by Crippen LogP contribution is -2.05. The summed E-state index contributed by atoms with van der Waals surface area (Å²) in [6.45, 7) is 3.60. The Morgan fingerprint density at radius 3 is 2.65 bits per heavy atom. The molecule has 4 heteroatoms. The van der Waals surface area contributed by atoms with Gasteiger partial charge in [0, 0.05) is 12.0 Å². The van der Waals surface area contributed by atoms with E-state index in [1.165, 1.54) is 13.2 Å². The number of aryl methyl sites for hydroxylation is 1. The highest BCUT2D eigenvalue weighted by Gasteiger charge is 2.15. The molecular formula is C13H17FO3. The summed E-state index contributed by atoms with van der Waals surface area (Å²) in [5, 5.41) is 8.66. The first-order valence-electron chi connectivity index (χ1n) is 5.57. The summed E-state index contributed by atoms with van der Waals surface area (Å²) in [7, 11) is 1.50. The van der Waals surface area contributed by atoms with Crippen LogP contribution in [0.25, 0.3) is 0 Å². The molecule has 0 heterocycles. The molecule has 0 aliphatic heterocycles. The van der Waals surface area contributed by atoms with E-state index in [4.69, 9.17) is 9.84 Å². The van der Waals surface area contributed by atoms with Gasteiger partial charge in [0.1, 0.15) is 11.6 Å². The Morgan fingerprint density at radius 1 is 1.53 bits per heavy atom. The molecule has 0 fully saturated rings. The summed E-state index contributed by atoms with van der Waals surface area (Å²) in [6, 6.07) is 1.42. The number of methoxy groups -OCH3 is 1. The molecule has 0 unspecified atom stereocenters. The second-order valence-corrected chi connectivity index (χ2v) is 3.90. The van der Waals surface area contributed by atoms with Crippen molar-refractivity contribution in [1.29, 1.82) is 0 Å². The van der Waals surface area contributed by atoms with Crippen LogP contribution >= 0.6 is 0 Å². The van der Waals surface area contributed by atoms with E-state index in [2.05, 4.69) is 0 Å². The Kier molecular flexibility index (Phi) is 4.49. The van der Waals surface area contributed by atoms with Crippen LogP contribution in [0, 0.1) is 12.7 Å². The minimum Gasteiger partial charge on any atom is -0.496 e. The molecule has 0 aliphatic rings. The van der Waals surface area contributed by atoms with Gasteiger partial charge in [0.15, 0.2) is 0 Å². The number of halogens is 1. The maximum absolute atomic E-state index is 13.6. The fourth-order valence-corrected chi connectivity index (χ4v) is 1.96. The standard InChI is InChI=1S/C13H17FO3/c1-4-10-9(5-6-12(15)16)7-11(14)8(2)13(10)17-3/h7H,4-6H2,1-3H3,(H,15,16). The maximum atomic E-state index is 13.6. The lowest BCUT2D eigenvalue weighted by molar-refractivity contribution is -0.136. The van der Waals surface area contributed by atoms with Gasteiger partial charge in [-0.2, -0.15) is 0 Å². The van der Waals surface area contributed by atoms with E-state index in [1.54, 1.807) is 6.92 Å². The molecule has 0 amide bonds. The van der Waals surface area contributed by atoms with Gasteiger partial charge in [0.2, 0.25) is 0 Å². The molecule has 1 aromatic rings. The third-order valence-corrected chi connectivity index (χ3v) is 2.83. The largest absolute Gasteiger partial charge is 0.496 e. The summed E-state index contributed by atoms with van der Waals surface area (Å²) in [6.07, 6.45) is 1.02. The SMILES string of the molecule is CCc1c(CCC(=O)O)cc(F)c(C)c1OC. The Morgan fingerprint density at radius 2 is 2.18 bits per heavy atom. The predicted octanol–water partition coefficient (Wildman–Crippen LogP) is 2.72. The summed E-state index contributed by atoms with van der Waals surface area (Å²) < 4.78 is 18.8. The fourth-order valence-electron chi connectivity index (χ4n) is 1.96. The molecule has 1 N–H and O–H groups in total. The Balaban J connectivity index is 3.19. The van der Waals surface area contributed by atoms with Gasteiger partial charge in [-0.3, -0.25) is 4.79 Å². The topological polar surface area (TPSA) is 46.5 Å². The molecule has 0 atom stereocenters. The van der Waals surface area contributed by atoms with Gasteiger partial charge in [-0.1, -0.05) is 6.92 Å². The molecule has 0 saturated carbocycles. The smallest absolute Gasteiger partial charge is 0.303 e. The van der Waals surface area contributed by atoms with E-state index in [-0.39, 0.29) is 12.2 Å². The molecule has 94 valence electrons. The number of hydrogen-bond acceptors (Lipinski definition) is 2. The minimum atomic E-state index is -0.882. The Labute approximate surface area is 100 Å².